The SMILES string of the molecule is NCCN(C(=O)c1ccc(Cl)cc1Cl)c1cccc(Cl)c1. The molecule has 0 saturated carbocycles. The lowest BCUT2D eigenvalue weighted by Gasteiger charge is -2.23. The summed E-state index contributed by atoms with van der Waals surface area (Å²) < 4.78 is 0. The number of benzene rings is 2. The zero-order chi connectivity index (χ0) is 15.4. The van der Waals surface area contributed by atoms with E-state index in [1.165, 1.54) is 6.07 Å². The van der Waals surface area contributed by atoms with E-state index < -0.39 is 0 Å². The number of nitrogens with zero attached hydrogens (tertiary/aromatic N) is 1. The second kappa shape index (κ2) is 7.14. The van der Waals surface area contributed by atoms with Crippen LogP contribution in [0.1, 0.15) is 10.4 Å². The molecule has 0 heterocycles. The molecule has 0 bridgehead atoms. The first-order chi connectivity index (χ1) is 10.0. The highest BCUT2D eigenvalue weighted by Gasteiger charge is 2.19. The lowest BCUT2D eigenvalue weighted by Crippen LogP contribution is -2.35. The summed E-state index contributed by atoms with van der Waals surface area (Å²) in [4.78, 5) is 14.2. The molecule has 0 unspecified atom stereocenters. The van der Waals surface area contributed by atoms with Gasteiger partial charge in [-0.05, 0) is 36.4 Å². The molecule has 0 aliphatic carbocycles. The Balaban J connectivity index is 2.40. The zero-order valence-corrected chi connectivity index (χ0v) is 13.3. The molecule has 0 aromatic heterocycles. The number of hydrogen-bond donors (Lipinski definition) is 1. The summed E-state index contributed by atoms with van der Waals surface area (Å²) >= 11 is 17.9. The van der Waals surface area contributed by atoms with Gasteiger partial charge in [0.25, 0.3) is 5.91 Å². The topological polar surface area (TPSA) is 46.3 Å². The van der Waals surface area contributed by atoms with Crippen LogP contribution < -0.4 is 10.6 Å². The highest BCUT2D eigenvalue weighted by molar-refractivity contribution is 6.37. The van der Waals surface area contributed by atoms with Gasteiger partial charge in [0.05, 0.1) is 10.6 Å². The highest BCUT2D eigenvalue weighted by Crippen LogP contribution is 2.26. The van der Waals surface area contributed by atoms with E-state index in [2.05, 4.69) is 0 Å². The second-order valence-corrected chi connectivity index (χ2v) is 5.63. The third-order valence-electron chi connectivity index (χ3n) is 2.88. The number of carbonyl (C=O) groups is 1. The van der Waals surface area contributed by atoms with Gasteiger partial charge in [0.2, 0.25) is 0 Å². The summed E-state index contributed by atoms with van der Waals surface area (Å²) in [7, 11) is 0. The van der Waals surface area contributed by atoms with Crippen LogP contribution in [-0.4, -0.2) is 19.0 Å². The quantitative estimate of drug-likeness (QED) is 0.902. The highest BCUT2D eigenvalue weighted by atomic mass is 35.5. The van der Waals surface area contributed by atoms with Gasteiger partial charge in [-0.1, -0.05) is 40.9 Å². The molecule has 2 N–H and O–H groups in total. The van der Waals surface area contributed by atoms with Gasteiger partial charge in [-0.25, -0.2) is 0 Å². The minimum Gasteiger partial charge on any atom is -0.329 e. The largest absolute Gasteiger partial charge is 0.329 e. The van der Waals surface area contributed by atoms with Crippen molar-refractivity contribution >= 4 is 46.4 Å². The van der Waals surface area contributed by atoms with Crippen LogP contribution in [0.2, 0.25) is 15.1 Å². The number of rotatable bonds is 4. The molecule has 0 radical (unpaired) electrons. The average molecular weight is 344 g/mol. The van der Waals surface area contributed by atoms with E-state index in [4.69, 9.17) is 40.5 Å². The maximum atomic E-state index is 12.7. The van der Waals surface area contributed by atoms with Crippen LogP contribution in [0.25, 0.3) is 0 Å². The van der Waals surface area contributed by atoms with E-state index in [0.717, 1.165) is 0 Å². The zero-order valence-electron chi connectivity index (χ0n) is 11.0. The van der Waals surface area contributed by atoms with Crippen molar-refractivity contribution in [3.8, 4) is 0 Å². The molecule has 6 heteroatoms. The Kier molecular flexibility index (Phi) is 5.48. The number of hydrogen-bond acceptors (Lipinski definition) is 2. The fourth-order valence-electron chi connectivity index (χ4n) is 1.93. The lowest BCUT2D eigenvalue weighted by atomic mass is 10.1. The third kappa shape index (κ3) is 3.89. The molecule has 3 nitrogen and oxygen atoms in total. The standard InChI is InChI=1S/C15H13Cl3N2O/c16-10-2-1-3-12(8-10)20(7-6-19)15(21)13-5-4-11(17)9-14(13)18/h1-5,8-9H,6-7,19H2. The Hall–Kier alpha value is -1.26. The van der Waals surface area contributed by atoms with Crippen LogP contribution in [0.3, 0.4) is 0 Å². The van der Waals surface area contributed by atoms with Crippen LogP contribution >= 0.6 is 34.8 Å². The Morgan fingerprint density at radius 3 is 2.38 bits per heavy atom. The van der Waals surface area contributed by atoms with Gasteiger partial charge in [0.1, 0.15) is 0 Å². The van der Waals surface area contributed by atoms with Crippen LogP contribution in [-0.2, 0) is 0 Å². The van der Waals surface area contributed by atoms with Gasteiger partial charge in [-0.2, -0.15) is 0 Å². The molecule has 0 aliphatic heterocycles. The monoisotopic (exact) mass is 342 g/mol. The number of amides is 1. The number of carbonyl (C=O) groups excluding carboxylic acids is 1. The van der Waals surface area contributed by atoms with Crippen LogP contribution in [0, 0.1) is 0 Å². The first-order valence-electron chi connectivity index (χ1n) is 6.25. The van der Waals surface area contributed by atoms with Gasteiger partial charge in [-0.15, -0.1) is 0 Å². The van der Waals surface area contributed by atoms with E-state index in [9.17, 15) is 4.79 Å². The molecule has 21 heavy (non-hydrogen) atoms. The molecule has 110 valence electrons. The summed E-state index contributed by atoms with van der Waals surface area (Å²) in [5, 5.41) is 1.32. The molecular formula is C15H13Cl3N2O. The Labute approximate surface area is 138 Å². The van der Waals surface area contributed by atoms with Crippen LogP contribution in [0.5, 0.6) is 0 Å². The number of nitrogens with two attached hydrogens (primary N) is 1. The first kappa shape index (κ1) is 16.1. The maximum Gasteiger partial charge on any atom is 0.259 e. The Morgan fingerprint density at radius 2 is 1.76 bits per heavy atom. The molecular weight excluding hydrogens is 331 g/mol. The van der Waals surface area contributed by atoms with Gasteiger partial charge in [0.15, 0.2) is 0 Å². The fraction of sp³-hybridized carbons (Fsp3) is 0.133. The molecule has 0 fully saturated rings. The fourth-order valence-corrected chi connectivity index (χ4v) is 2.60. The molecule has 1 amide bonds. The van der Waals surface area contributed by atoms with Crippen molar-refractivity contribution in [1.82, 2.24) is 0 Å². The van der Waals surface area contributed by atoms with Crippen molar-refractivity contribution in [2.75, 3.05) is 18.0 Å². The maximum absolute atomic E-state index is 12.7. The van der Waals surface area contributed by atoms with Crippen molar-refractivity contribution in [2.45, 2.75) is 0 Å². The van der Waals surface area contributed by atoms with Crippen LogP contribution in [0.4, 0.5) is 5.69 Å². The van der Waals surface area contributed by atoms with E-state index in [0.29, 0.717) is 39.4 Å². The number of anilines is 1. The molecule has 2 rings (SSSR count). The average Bonchev–Trinajstić information content (AvgIpc) is 2.44. The Bertz CT molecular complexity index is 661. The van der Waals surface area contributed by atoms with Gasteiger partial charge in [0, 0.05) is 28.8 Å². The van der Waals surface area contributed by atoms with Gasteiger partial charge in [-0.3, -0.25) is 4.79 Å². The van der Waals surface area contributed by atoms with Crippen LogP contribution in [0.15, 0.2) is 42.5 Å². The normalized spacial score (nSPS) is 10.5. The Morgan fingerprint density at radius 1 is 1.05 bits per heavy atom. The first-order valence-corrected chi connectivity index (χ1v) is 7.39. The summed E-state index contributed by atoms with van der Waals surface area (Å²) in [5.41, 5.74) is 6.64. The third-order valence-corrected chi connectivity index (χ3v) is 3.66. The summed E-state index contributed by atoms with van der Waals surface area (Å²) in [6.45, 7) is 0.682. The molecule has 0 saturated heterocycles. The van der Waals surface area contributed by atoms with Gasteiger partial charge >= 0.3 is 0 Å². The lowest BCUT2D eigenvalue weighted by molar-refractivity contribution is 0.0988. The van der Waals surface area contributed by atoms with E-state index in [1.807, 2.05) is 0 Å². The van der Waals surface area contributed by atoms with E-state index in [-0.39, 0.29) is 5.91 Å². The summed E-state index contributed by atoms with van der Waals surface area (Å²) in [5.74, 6) is -0.246. The van der Waals surface area contributed by atoms with Crippen molar-refractivity contribution < 1.29 is 4.79 Å². The van der Waals surface area contributed by atoms with Crippen molar-refractivity contribution in [3.05, 3.63) is 63.1 Å². The predicted octanol–water partition coefficient (Wildman–Crippen LogP) is 4.25. The van der Waals surface area contributed by atoms with E-state index >= 15 is 0 Å². The predicted molar refractivity (Wildman–Crippen MR) is 88.6 cm³/mol. The summed E-state index contributed by atoms with van der Waals surface area (Å²) in [6, 6.07) is 11.8. The molecule has 0 spiro atoms. The smallest absolute Gasteiger partial charge is 0.259 e. The minimum atomic E-state index is -0.246. The van der Waals surface area contributed by atoms with E-state index in [1.54, 1.807) is 41.3 Å². The molecule has 2 aromatic rings. The molecule has 0 aliphatic rings. The second-order valence-electron chi connectivity index (χ2n) is 4.35. The number of halogens is 3. The van der Waals surface area contributed by atoms with Crippen molar-refractivity contribution in [3.63, 3.8) is 0 Å². The molecule has 2 aromatic carbocycles. The van der Waals surface area contributed by atoms with Crippen molar-refractivity contribution in [2.24, 2.45) is 5.73 Å². The summed E-state index contributed by atoms with van der Waals surface area (Å²) in [6.07, 6.45) is 0. The van der Waals surface area contributed by atoms with Crippen molar-refractivity contribution in [1.29, 1.82) is 0 Å². The molecule has 0 atom stereocenters. The van der Waals surface area contributed by atoms with Gasteiger partial charge < -0.3 is 10.6 Å². The minimum absolute atomic E-state index is 0.246.